The van der Waals surface area contributed by atoms with Gasteiger partial charge in [-0.25, -0.2) is 0 Å². The summed E-state index contributed by atoms with van der Waals surface area (Å²) in [4.78, 5) is 36.9. The predicted molar refractivity (Wildman–Crippen MR) is 91.5 cm³/mol. The van der Waals surface area contributed by atoms with Crippen LogP contribution in [0.5, 0.6) is 0 Å². The van der Waals surface area contributed by atoms with E-state index in [1.807, 2.05) is 20.8 Å². The number of esters is 1. The number of rotatable bonds is 4. The number of ether oxygens (including phenoxy) is 1. The van der Waals surface area contributed by atoms with Crippen LogP contribution in [0.4, 0.5) is 0 Å². The van der Waals surface area contributed by atoms with Crippen molar-refractivity contribution in [2.45, 2.75) is 82.6 Å². The number of Topliss-reactive ketones (excluding diaryl/α,β-unsaturated/α-hetero) is 1. The summed E-state index contributed by atoms with van der Waals surface area (Å²) in [6, 6.07) is -1.22. The van der Waals surface area contributed by atoms with Gasteiger partial charge >= 0.3 is 5.97 Å². The Morgan fingerprint density at radius 3 is 2.28 bits per heavy atom. The minimum absolute atomic E-state index is 0.0530. The minimum Gasteiger partial charge on any atom is -0.460 e. The van der Waals surface area contributed by atoms with Gasteiger partial charge in [-0.3, -0.25) is 19.7 Å². The van der Waals surface area contributed by atoms with Crippen molar-refractivity contribution < 1.29 is 19.1 Å². The van der Waals surface area contributed by atoms with Crippen LogP contribution in [0.1, 0.15) is 52.9 Å². The van der Waals surface area contributed by atoms with E-state index >= 15 is 0 Å². The van der Waals surface area contributed by atoms with Gasteiger partial charge in [0.1, 0.15) is 5.60 Å². The Morgan fingerprint density at radius 1 is 1.04 bits per heavy atom. The number of amides is 1. The average Bonchev–Trinajstić information content (AvgIpc) is 2.82. The molecule has 3 aliphatic rings. The fourth-order valence-electron chi connectivity index (χ4n) is 4.39. The molecule has 0 aromatic heterocycles. The lowest BCUT2D eigenvalue weighted by Gasteiger charge is -2.36. The first kappa shape index (κ1) is 18.3. The highest BCUT2D eigenvalue weighted by Crippen LogP contribution is 2.40. The molecule has 0 spiro atoms. The summed E-state index contributed by atoms with van der Waals surface area (Å²) >= 11 is 0. The van der Waals surface area contributed by atoms with Crippen LogP contribution in [0.15, 0.2) is 0 Å². The predicted octanol–water partition coefficient (Wildman–Crippen LogP) is 0.260. The van der Waals surface area contributed by atoms with Gasteiger partial charge in [-0.05, 0) is 46.0 Å². The third-order valence-corrected chi connectivity index (χ3v) is 5.58. The first-order valence-electron chi connectivity index (χ1n) is 9.25. The number of fused-ring (bicyclic) bond motifs is 1. The van der Waals surface area contributed by atoms with E-state index in [1.165, 1.54) is 0 Å². The highest BCUT2D eigenvalue weighted by atomic mass is 16.6. The van der Waals surface area contributed by atoms with Gasteiger partial charge in [-0.15, -0.1) is 0 Å². The van der Waals surface area contributed by atoms with E-state index in [4.69, 9.17) is 10.5 Å². The molecule has 4 N–H and O–H groups in total. The average molecular weight is 351 g/mol. The Bertz CT molecular complexity index is 565. The standard InChI is InChI=1S/C18H29N3O4/c1-18(2,3)25-17(24)13-9-6-4-5-7-10(9)21-14(13)15(22)11-8-12(20-11)16(19)23/h9-14,20-21H,4-8H2,1-3H3,(H2,19,23). The second-order valence-corrected chi connectivity index (χ2v) is 8.57. The summed E-state index contributed by atoms with van der Waals surface area (Å²) in [5.41, 5.74) is 4.67. The molecule has 1 saturated carbocycles. The Morgan fingerprint density at radius 2 is 1.68 bits per heavy atom. The van der Waals surface area contributed by atoms with Crippen molar-refractivity contribution in [3.8, 4) is 0 Å². The van der Waals surface area contributed by atoms with Crippen molar-refractivity contribution in [1.29, 1.82) is 0 Å². The van der Waals surface area contributed by atoms with Gasteiger partial charge < -0.3 is 15.8 Å². The molecule has 2 heterocycles. The molecule has 2 aliphatic heterocycles. The number of ketones is 1. The SMILES string of the molecule is CC(C)(C)OC(=O)C1C(C(=O)C2CC(C(N)=O)N2)NC2CCCCC21. The second-order valence-electron chi connectivity index (χ2n) is 8.57. The number of hydrogen-bond donors (Lipinski definition) is 3. The second kappa shape index (κ2) is 6.68. The first-order valence-corrected chi connectivity index (χ1v) is 9.25. The number of carbonyl (C=O) groups excluding carboxylic acids is 3. The molecule has 0 aromatic rings. The fourth-order valence-corrected chi connectivity index (χ4v) is 4.39. The van der Waals surface area contributed by atoms with Gasteiger partial charge in [0.25, 0.3) is 0 Å². The van der Waals surface area contributed by atoms with Crippen LogP contribution in [-0.2, 0) is 19.1 Å². The van der Waals surface area contributed by atoms with Gasteiger partial charge in [0.05, 0.1) is 24.0 Å². The van der Waals surface area contributed by atoms with Gasteiger partial charge in [0.2, 0.25) is 5.91 Å². The Kier molecular flexibility index (Phi) is 4.90. The van der Waals surface area contributed by atoms with Crippen molar-refractivity contribution in [1.82, 2.24) is 10.6 Å². The normalized spacial score (nSPS) is 37.7. The van der Waals surface area contributed by atoms with E-state index in [1.54, 1.807) is 0 Å². The summed E-state index contributed by atoms with van der Waals surface area (Å²) in [6.45, 7) is 5.52. The molecular weight excluding hydrogens is 322 g/mol. The van der Waals surface area contributed by atoms with Crippen molar-refractivity contribution in [2.75, 3.05) is 0 Å². The zero-order chi connectivity index (χ0) is 18.4. The van der Waals surface area contributed by atoms with E-state index in [0.717, 1.165) is 25.7 Å². The van der Waals surface area contributed by atoms with Crippen LogP contribution in [0.25, 0.3) is 0 Å². The van der Waals surface area contributed by atoms with E-state index in [0.29, 0.717) is 6.42 Å². The quantitative estimate of drug-likeness (QED) is 0.627. The molecule has 25 heavy (non-hydrogen) atoms. The molecule has 6 unspecified atom stereocenters. The van der Waals surface area contributed by atoms with Crippen molar-refractivity contribution >= 4 is 17.7 Å². The van der Waals surface area contributed by atoms with Crippen molar-refractivity contribution in [3.63, 3.8) is 0 Å². The molecule has 0 bridgehead atoms. The van der Waals surface area contributed by atoms with Crippen LogP contribution < -0.4 is 16.4 Å². The lowest BCUT2D eigenvalue weighted by Crippen LogP contribution is -2.64. The lowest BCUT2D eigenvalue weighted by atomic mass is 9.76. The summed E-state index contributed by atoms with van der Waals surface area (Å²) < 4.78 is 5.62. The molecule has 3 rings (SSSR count). The van der Waals surface area contributed by atoms with Crippen molar-refractivity contribution in [2.24, 2.45) is 17.6 Å². The molecule has 7 heteroatoms. The molecule has 3 fully saturated rings. The Labute approximate surface area is 148 Å². The molecule has 2 saturated heterocycles. The van der Waals surface area contributed by atoms with Crippen LogP contribution >= 0.6 is 0 Å². The molecule has 6 atom stereocenters. The largest absolute Gasteiger partial charge is 0.460 e. The Hall–Kier alpha value is -1.47. The summed E-state index contributed by atoms with van der Waals surface area (Å²) in [5.74, 6) is -1.10. The summed E-state index contributed by atoms with van der Waals surface area (Å²) in [6.07, 6.45) is 4.52. The molecule has 7 nitrogen and oxygen atoms in total. The van der Waals surface area contributed by atoms with Gasteiger partial charge in [-0.1, -0.05) is 12.8 Å². The van der Waals surface area contributed by atoms with Gasteiger partial charge in [-0.2, -0.15) is 0 Å². The van der Waals surface area contributed by atoms with E-state index < -0.39 is 35.6 Å². The lowest BCUT2D eigenvalue weighted by molar-refractivity contribution is -0.163. The van der Waals surface area contributed by atoms with Crippen LogP contribution in [0, 0.1) is 11.8 Å². The molecule has 0 radical (unpaired) electrons. The molecule has 0 aromatic carbocycles. The monoisotopic (exact) mass is 351 g/mol. The smallest absolute Gasteiger partial charge is 0.311 e. The van der Waals surface area contributed by atoms with E-state index in [2.05, 4.69) is 10.6 Å². The van der Waals surface area contributed by atoms with Gasteiger partial charge in [0, 0.05) is 6.04 Å². The number of nitrogens with one attached hydrogen (secondary N) is 2. The third kappa shape index (κ3) is 3.72. The number of carbonyl (C=O) groups is 3. The highest BCUT2D eigenvalue weighted by Gasteiger charge is 2.53. The first-order chi connectivity index (χ1) is 11.7. The fraction of sp³-hybridized carbons (Fsp3) is 0.833. The topological polar surface area (TPSA) is 111 Å². The molecular formula is C18H29N3O4. The number of nitrogens with two attached hydrogens (primary N) is 1. The number of hydrogen-bond acceptors (Lipinski definition) is 6. The highest BCUT2D eigenvalue weighted by molar-refractivity contribution is 5.96. The Balaban J connectivity index is 1.74. The summed E-state index contributed by atoms with van der Waals surface area (Å²) in [5, 5.41) is 6.32. The van der Waals surface area contributed by atoms with Crippen LogP contribution in [-0.4, -0.2) is 47.4 Å². The third-order valence-electron chi connectivity index (χ3n) is 5.58. The maximum atomic E-state index is 12.9. The zero-order valence-electron chi connectivity index (χ0n) is 15.2. The molecule has 140 valence electrons. The maximum Gasteiger partial charge on any atom is 0.311 e. The van der Waals surface area contributed by atoms with Crippen LogP contribution in [0.3, 0.4) is 0 Å². The minimum atomic E-state index is -0.580. The molecule has 1 aliphatic carbocycles. The maximum absolute atomic E-state index is 12.9. The van der Waals surface area contributed by atoms with E-state index in [9.17, 15) is 14.4 Å². The van der Waals surface area contributed by atoms with E-state index in [-0.39, 0.29) is 23.7 Å². The molecule has 1 amide bonds. The van der Waals surface area contributed by atoms with Crippen LogP contribution in [0.2, 0.25) is 0 Å². The van der Waals surface area contributed by atoms with Gasteiger partial charge in [0.15, 0.2) is 5.78 Å². The zero-order valence-corrected chi connectivity index (χ0v) is 15.2. The summed E-state index contributed by atoms with van der Waals surface area (Å²) in [7, 11) is 0. The van der Waals surface area contributed by atoms with Crippen molar-refractivity contribution in [3.05, 3.63) is 0 Å². The number of primary amides is 1.